The topological polar surface area (TPSA) is 43.6 Å². The average molecular weight is 281 g/mol. The standard InChI is InChI=1S/C16H27NO3/c1-12-14(8-17-16(2,3)4)7-15(20-12)11-19-10-13-5-6-18-9-13/h7,13,17H,5-6,8-11H2,1-4H3. The number of aryl methyl sites for hydroxylation is 1. The molecule has 0 bridgehead atoms. The van der Waals surface area contributed by atoms with Crippen molar-refractivity contribution < 1.29 is 13.9 Å². The van der Waals surface area contributed by atoms with Gasteiger partial charge < -0.3 is 19.2 Å². The van der Waals surface area contributed by atoms with Gasteiger partial charge in [-0.3, -0.25) is 0 Å². The fourth-order valence-electron chi connectivity index (χ4n) is 2.24. The largest absolute Gasteiger partial charge is 0.464 e. The molecule has 1 unspecified atom stereocenters. The van der Waals surface area contributed by atoms with E-state index >= 15 is 0 Å². The molecule has 0 aromatic carbocycles. The molecule has 1 aromatic rings. The molecule has 1 aliphatic heterocycles. The number of furan rings is 1. The summed E-state index contributed by atoms with van der Waals surface area (Å²) in [4.78, 5) is 0. The number of rotatable bonds is 6. The second kappa shape index (κ2) is 6.74. The summed E-state index contributed by atoms with van der Waals surface area (Å²) in [5.41, 5.74) is 1.32. The van der Waals surface area contributed by atoms with Gasteiger partial charge in [0.25, 0.3) is 0 Å². The second-order valence-corrected chi connectivity index (χ2v) is 6.64. The zero-order valence-electron chi connectivity index (χ0n) is 13.1. The monoisotopic (exact) mass is 281 g/mol. The lowest BCUT2D eigenvalue weighted by Crippen LogP contribution is -2.35. The van der Waals surface area contributed by atoms with Gasteiger partial charge in [0.1, 0.15) is 18.1 Å². The van der Waals surface area contributed by atoms with E-state index in [-0.39, 0.29) is 5.54 Å². The third-order valence-electron chi connectivity index (χ3n) is 3.50. The van der Waals surface area contributed by atoms with Crippen LogP contribution in [0.1, 0.15) is 44.3 Å². The number of nitrogens with one attached hydrogen (secondary N) is 1. The summed E-state index contributed by atoms with van der Waals surface area (Å²) >= 11 is 0. The molecule has 1 fully saturated rings. The fourth-order valence-corrected chi connectivity index (χ4v) is 2.24. The second-order valence-electron chi connectivity index (χ2n) is 6.64. The van der Waals surface area contributed by atoms with Crippen molar-refractivity contribution in [2.24, 2.45) is 5.92 Å². The predicted molar refractivity (Wildman–Crippen MR) is 78.6 cm³/mol. The number of hydrogen-bond donors (Lipinski definition) is 1. The van der Waals surface area contributed by atoms with E-state index in [1.54, 1.807) is 0 Å². The lowest BCUT2D eigenvalue weighted by molar-refractivity contribution is 0.0687. The summed E-state index contributed by atoms with van der Waals surface area (Å²) in [7, 11) is 0. The summed E-state index contributed by atoms with van der Waals surface area (Å²) in [6.07, 6.45) is 1.11. The molecule has 20 heavy (non-hydrogen) atoms. The first-order chi connectivity index (χ1) is 9.44. The maximum Gasteiger partial charge on any atom is 0.130 e. The van der Waals surface area contributed by atoms with Gasteiger partial charge in [0.05, 0.1) is 13.2 Å². The van der Waals surface area contributed by atoms with Crippen molar-refractivity contribution in [2.45, 2.75) is 52.8 Å². The summed E-state index contributed by atoms with van der Waals surface area (Å²) in [5, 5.41) is 3.48. The Morgan fingerprint density at radius 3 is 2.85 bits per heavy atom. The molecule has 0 radical (unpaired) electrons. The van der Waals surface area contributed by atoms with E-state index < -0.39 is 0 Å². The van der Waals surface area contributed by atoms with E-state index in [1.807, 2.05) is 6.92 Å². The third kappa shape index (κ3) is 4.93. The molecular formula is C16H27NO3. The molecule has 4 nitrogen and oxygen atoms in total. The molecule has 0 aliphatic carbocycles. The molecular weight excluding hydrogens is 254 g/mol. The van der Waals surface area contributed by atoms with Crippen LogP contribution >= 0.6 is 0 Å². The normalized spacial score (nSPS) is 19.7. The molecule has 1 saturated heterocycles. The van der Waals surface area contributed by atoms with Crippen LogP contribution in [0.3, 0.4) is 0 Å². The molecule has 1 atom stereocenters. The Bertz CT molecular complexity index is 414. The predicted octanol–water partition coefficient (Wildman–Crippen LogP) is 3.03. The Labute approximate surface area is 121 Å². The van der Waals surface area contributed by atoms with Gasteiger partial charge in [-0.25, -0.2) is 0 Å². The van der Waals surface area contributed by atoms with Crippen LogP contribution in [-0.2, 0) is 22.6 Å². The lowest BCUT2D eigenvalue weighted by Gasteiger charge is -2.20. The van der Waals surface area contributed by atoms with Gasteiger partial charge in [-0.2, -0.15) is 0 Å². The van der Waals surface area contributed by atoms with Crippen molar-refractivity contribution in [2.75, 3.05) is 19.8 Å². The van der Waals surface area contributed by atoms with E-state index in [2.05, 4.69) is 32.2 Å². The maximum absolute atomic E-state index is 5.75. The van der Waals surface area contributed by atoms with Crippen LogP contribution in [0.5, 0.6) is 0 Å². The van der Waals surface area contributed by atoms with Crippen molar-refractivity contribution in [1.29, 1.82) is 0 Å². The Balaban J connectivity index is 1.77. The van der Waals surface area contributed by atoms with Gasteiger partial charge in [-0.05, 0) is 40.2 Å². The molecule has 0 saturated carbocycles. The highest BCUT2D eigenvalue weighted by molar-refractivity contribution is 5.20. The van der Waals surface area contributed by atoms with Crippen LogP contribution in [0.2, 0.25) is 0 Å². The van der Waals surface area contributed by atoms with Crippen molar-refractivity contribution in [3.05, 3.63) is 23.2 Å². The minimum Gasteiger partial charge on any atom is -0.464 e. The molecule has 0 spiro atoms. The molecule has 1 aliphatic rings. The number of hydrogen-bond acceptors (Lipinski definition) is 4. The highest BCUT2D eigenvalue weighted by Gasteiger charge is 2.16. The van der Waals surface area contributed by atoms with Crippen LogP contribution in [-0.4, -0.2) is 25.4 Å². The first-order valence-electron chi connectivity index (χ1n) is 7.43. The summed E-state index contributed by atoms with van der Waals surface area (Å²) in [6.45, 7) is 12.3. The molecule has 2 rings (SSSR count). The van der Waals surface area contributed by atoms with Crippen LogP contribution in [0.4, 0.5) is 0 Å². The van der Waals surface area contributed by atoms with Gasteiger partial charge in [0.2, 0.25) is 0 Å². The van der Waals surface area contributed by atoms with Gasteiger partial charge >= 0.3 is 0 Å². The highest BCUT2D eigenvalue weighted by Crippen LogP contribution is 2.18. The lowest BCUT2D eigenvalue weighted by atomic mass is 10.1. The first kappa shape index (κ1) is 15.5. The highest BCUT2D eigenvalue weighted by atomic mass is 16.5. The van der Waals surface area contributed by atoms with E-state index in [0.717, 1.165) is 44.3 Å². The van der Waals surface area contributed by atoms with Crippen LogP contribution in [0.15, 0.2) is 10.5 Å². The fraction of sp³-hybridized carbons (Fsp3) is 0.750. The quantitative estimate of drug-likeness (QED) is 0.870. The molecule has 114 valence electrons. The average Bonchev–Trinajstić information content (AvgIpc) is 2.96. The molecule has 2 heterocycles. The zero-order valence-corrected chi connectivity index (χ0v) is 13.1. The van der Waals surface area contributed by atoms with Gasteiger partial charge in [0, 0.05) is 30.2 Å². The van der Waals surface area contributed by atoms with Crippen molar-refractivity contribution in [3.63, 3.8) is 0 Å². The Morgan fingerprint density at radius 1 is 1.40 bits per heavy atom. The Morgan fingerprint density at radius 2 is 2.20 bits per heavy atom. The zero-order chi connectivity index (χ0) is 14.6. The van der Waals surface area contributed by atoms with E-state index in [4.69, 9.17) is 13.9 Å². The third-order valence-corrected chi connectivity index (χ3v) is 3.50. The smallest absolute Gasteiger partial charge is 0.130 e. The van der Waals surface area contributed by atoms with Crippen molar-refractivity contribution in [3.8, 4) is 0 Å². The summed E-state index contributed by atoms with van der Waals surface area (Å²) < 4.78 is 16.8. The minimum absolute atomic E-state index is 0.114. The number of ether oxygens (including phenoxy) is 2. The molecule has 1 N–H and O–H groups in total. The molecule has 4 heteroatoms. The molecule has 1 aromatic heterocycles. The van der Waals surface area contributed by atoms with E-state index in [0.29, 0.717) is 12.5 Å². The van der Waals surface area contributed by atoms with Crippen LogP contribution in [0.25, 0.3) is 0 Å². The summed E-state index contributed by atoms with van der Waals surface area (Å²) in [6, 6.07) is 2.10. The Hall–Kier alpha value is -0.840. The minimum atomic E-state index is 0.114. The summed E-state index contributed by atoms with van der Waals surface area (Å²) in [5.74, 6) is 2.43. The van der Waals surface area contributed by atoms with Crippen LogP contribution in [0, 0.1) is 12.8 Å². The van der Waals surface area contributed by atoms with Gasteiger partial charge in [-0.1, -0.05) is 0 Å². The van der Waals surface area contributed by atoms with Crippen molar-refractivity contribution in [1.82, 2.24) is 5.32 Å². The van der Waals surface area contributed by atoms with Crippen LogP contribution < -0.4 is 5.32 Å². The van der Waals surface area contributed by atoms with Gasteiger partial charge in [0.15, 0.2) is 0 Å². The van der Waals surface area contributed by atoms with E-state index in [9.17, 15) is 0 Å². The van der Waals surface area contributed by atoms with Crippen molar-refractivity contribution >= 4 is 0 Å². The maximum atomic E-state index is 5.75. The molecule has 0 amide bonds. The SMILES string of the molecule is Cc1oc(COCC2CCOC2)cc1CNC(C)(C)C. The van der Waals surface area contributed by atoms with E-state index in [1.165, 1.54) is 5.56 Å². The Kier molecular flexibility index (Phi) is 5.24. The van der Waals surface area contributed by atoms with Gasteiger partial charge in [-0.15, -0.1) is 0 Å². The first-order valence-corrected chi connectivity index (χ1v) is 7.43.